The van der Waals surface area contributed by atoms with Gasteiger partial charge in [-0.15, -0.1) is 0 Å². The summed E-state index contributed by atoms with van der Waals surface area (Å²) in [6.45, 7) is 0.159. The van der Waals surface area contributed by atoms with Gasteiger partial charge in [0.25, 0.3) is 11.8 Å². The van der Waals surface area contributed by atoms with E-state index in [-0.39, 0.29) is 18.4 Å². The van der Waals surface area contributed by atoms with Gasteiger partial charge in [-0.05, 0) is 42.3 Å². The Kier molecular flexibility index (Phi) is 4.23. The van der Waals surface area contributed by atoms with Crippen molar-refractivity contribution in [2.75, 3.05) is 19.9 Å². The van der Waals surface area contributed by atoms with Crippen LogP contribution < -0.4 is 4.74 Å². The summed E-state index contributed by atoms with van der Waals surface area (Å²) in [5.74, 6) is -0.0594. The highest BCUT2D eigenvalue weighted by Crippen LogP contribution is 2.29. The van der Waals surface area contributed by atoms with E-state index in [0.29, 0.717) is 34.2 Å². The lowest BCUT2D eigenvalue weighted by Crippen LogP contribution is -2.31. The number of hydrogen-bond donors (Lipinski definition) is 0. The number of aromatic nitrogens is 1. The van der Waals surface area contributed by atoms with Crippen molar-refractivity contribution < 1.29 is 22.7 Å². The van der Waals surface area contributed by atoms with Crippen LogP contribution in [0.15, 0.2) is 48.7 Å². The van der Waals surface area contributed by atoms with E-state index >= 15 is 0 Å². The summed E-state index contributed by atoms with van der Waals surface area (Å²) in [7, 11) is -1.97. The summed E-state index contributed by atoms with van der Waals surface area (Å²) in [5, 5.41) is 0.710. The molecule has 1 aromatic heterocycles. The van der Waals surface area contributed by atoms with Gasteiger partial charge in [0.2, 0.25) is 10.0 Å². The number of ether oxygens (including phenoxy) is 1. The number of benzene rings is 2. The van der Waals surface area contributed by atoms with Crippen LogP contribution in [-0.4, -0.2) is 49.0 Å². The smallest absolute Gasteiger partial charge is 0.261 e. The van der Waals surface area contributed by atoms with Gasteiger partial charge in [-0.1, -0.05) is 12.1 Å². The summed E-state index contributed by atoms with van der Waals surface area (Å²) >= 11 is 0. The molecule has 0 spiro atoms. The molecule has 8 heteroatoms. The van der Waals surface area contributed by atoms with Gasteiger partial charge >= 0.3 is 0 Å². The minimum absolute atomic E-state index is 0.159. The van der Waals surface area contributed by atoms with Crippen molar-refractivity contribution in [1.82, 2.24) is 8.87 Å². The summed E-state index contributed by atoms with van der Waals surface area (Å²) in [6, 6.07) is 11.8. The van der Waals surface area contributed by atoms with Crippen LogP contribution in [0, 0.1) is 0 Å². The maximum absolute atomic E-state index is 12.5. The van der Waals surface area contributed by atoms with E-state index in [2.05, 4.69) is 0 Å². The molecule has 0 radical (unpaired) electrons. The maximum atomic E-state index is 12.5. The Balaban J connectivity index is 1.69. The van der Waals surface area contributed by atoms with Gasteiger partial charge in [-0.2, -0.15) is 0 Å². The van der Waals surface area contributed by atoms with Crippen molar-refractivity contribution in [2.24, 2.45) is 0 Å². The molecule has 2 aromatic carbocycles. The van der Waals surface area contributed by atoms with E-state index in [1.54, 1.807) is 42.5 Å². The normalized spacial score (nSPS) is 14.0. The molecular weight excluding hydrogens is 380 g/mol. The van der Waals surface area contributed by atoms with Crippen LogP contribution in [0.4, 0.5) is 0 Å². The Morgan fingerprint density at radius 3 is 2.21 bits per heavy atom. The fourth-order valence-corrected chi connectivity index (χ4v) is 4.36. The van der Waals surface area contributed by atoms with E-state index in [1.165, 1.54) is 22.2 Å². The predicted molar refractivity (Wildman–Crippen MR) is 104 cm³/mol. The second-order valence-corrected chi connectivity index (χ2v) is 8.51. The molecule has 0 saturated heterocycles. The second kappa shape index (κ2) is 6.49. The van der Waals surface area contributed by atoms with Crippen LogP contribution in [0.1, 0.15) is 26.3 Å². The molecule has 3 aromatic rings. The van der Waals surface area contributed by atoms with Crippen molar-refractivity contribution in [3.05, 3.63) is 65.4 Å². The number of fused-ring (bicyclic) bond motifs is 2. The van der Waals surface area contributed by atoms with E-state index in [9.17, 15) is 18.0 Å². The first kappa shape index (κ1) is 18.2. The van der Waals surface area contributed by atoms with Gasteiger partial charge < -0.3 is 4.74 Å². The van der Waals surface area contributed by atoms with Crippen LogP contribution in [0.25, 0.3) is 10.9 Å². The van der Waals surface area contributed by atoms with Gasteiger partial charge in [0.05, 0.1) is 30.0 Å². The predicted octanol–water partition coefficient (Wildman–Crippen LogP) is 2.30. The lowest BCUT2D eigenvalue weighted by Gasteiger charge is -2.13. The molecule has 1 aliphatic heterocycles. The molecule has 0 aliphatic carbocycles. The average Bonchev–Trinajstić information content (AvgIpc) is 3.16. The Labute approximate surface area is 162 Å². The number of carbonyl (C=O) groups excluding carboxylic acids is 2. The molecule has 1 aliphatic rings. The summed E-state index contributed by atoms with van der Waals surface area (Å²) < 4.78 is 30.7. The summed E-state index contributed by atoms with van der Waals surface area (Å²) in [4.78, 5) is 26.3. The van der Waals surface area contributed by atoms with Crippen LogP contribution in [0.5, 0.6) is 5.75 Å². The molecule has 28 heavy (non-hydrogen) atoms. The van der Waals surface area contributed by atoms with Crippen molar-refractivity contribution in [2.45, 2.75) is 6.42 Å². The highest BCUT2D eigenvalue weighted by molar-refractivity contribution is 7.89. The molecule has 2 amide bonds. The highest BCUT2D eigenvalue weighted by Gasteiger charge is 2.34. The zero-order valence-corrected chi connectivity index (χ0v) is 16.2. The Morgan fingerprint density at radius 1 is 1.00 bits per heavy atom. The molecule has 0 unspecified atom stereocenters. The van der Waals surface area contributed by atoms with Crippen molar-refractivity contribution >= 4 is 32.7 Å². The zero-order chi connectivity index (χ0) is 20.1. The average molecular weight is 398 g/mol. The second-order valence-electron chi connectivity index (χ2n) is 6.65. The molecule has 0 bridgehead atoms. The van der Waals surface area contributed by atoms with E-state index in [4.69, 9.17) is 4.74 Å². The van der Waals surface area contributed by atoms with Crippen LogP contribution in [-0.2, 0) is 16.4 Å². The van der Waals surface area contributed by atoms with E-state index in [1.807, 2.05) is 0 Å². The molecule has 0 fully saturated rings. The first-order valence-corrected chi connectivity index (χ1v) is 10.5. The third kappa shape index (κ3) is 2.86. The zero-order valence-electron chi connectivity index (χ0n) is 15.4. The number of amides is 2. The van der Waals surface area contributed by atoms with Gasteiger partial charge in [-0.3, -0.25) is 14.5 Å². The third-order valence-electron chi connectivity index (χ3n) is 4.90. The largest absolute Gasteiger partial charge is 0.497 e. The molecular formula is C20H18N2O5S. The summed E-state index contributed by atoms with van der Waals surface area (Å²) in [5.41, 5.74) is 2.04. The Hall–Kier alpha value is -3.13. The Bertz CT molecular complexity index is 1190. The minimum Gasteiger partial charge on any atom is -0.497 e. The fourth-order valence-electron chi connectivity index (χ4n) is 3.52. The molecule has 7 nitrogen and oxygen atoms in total. The van der Waals surface area contributed by atoms with Gasteiger partial charge in [0, 0.05) is 18.1 Å². The number of nitrogens with zero attached hydrogens (tertiary/aromatic N) is 2. The van der Waals surface area contributed by atoms with E-state index in [0.717, 1.165) is 11.8 Å². The van der Waals surface area contributed by atoms with Crippen LogP contribution in [0.2, 0.25) is 0 Å². The standard InChI is InChI=1S/C20H18N2O5S/c1-27-14-7-8-18-17(11-14)13(12-22(18)28(2,25)26)9-10-21-19(23)15-5-3-4-6-16(15)20(21)24/h3-8,11-12H,9-10H2,1-2H3. The first-order chi connectivity index (χ1) is 13.3. The van der Waals surface area contributed by atoms with Crippen LogP contribution in [0.3, 0.4) is 0 Å². The van der Waals surface area contributed by atoms with Crippen LogP contribution >= 0.6 is 0 Å². The Morgan fingerprint density at radius 2 is 1.64 bits per heavy atom. The number of rotatable bonds is 5. The first-order valence-electron chi connectivity index (χ1n) is 8.65. The lowest BCUT2D eigenvalue weighted by molar-refractivity contribution is 0.0656. The molecule has 4 rings (SSSR count). The fraction of sp³-hybridized carbons (Fsp3) is 0.200. The quantitative estimate of drug-likeness (QED) is 0.616. The van der Waals surface area contributed by atoms with Gasteiger partial charge in [0.1, 0.15) is 5.75 Å². The number of carbonyl (C=O) groups is 2. The van der Waals surface area contributed by atoms with E-state index < -0.39 is 10.0 Å². The third-order valence-corrected chi connectivity index (χ3v) is 5.92. The SMILES string of the molecule is COc1ccc2c(c1)c(CCN1C(=O)c3ccccc3C1=O)cn2S(C)(=O)=O. The number of imide groups is 1. The molecule has 2 heterocycles. The summed E-state index contributed by atoms with van der Waals surface area (Å²) in [6.07, 6.45) is 3.00. The lowest BCUT2D eigenvalue weighted by atomic mass is 10.1. The van der Waals surface area contributed by atoms with Crippen molar-refractivity contribution in [1.29, 1.82) is 0 Å². The van der Waals surface area contributed by atoms with Crippen molar-refractivity contribution in [3.63, 3.8) is 0 Å². The monoisotopic (exact) mass is 398 g/mol. The topological polar surface area (TPSA) is 85.7 Å². The molecule has 144 valence electrons. The highest BCUT2D eigenvalue weighted by atomic mass is 32.2. The number of hydrogen-bond acceptors (Lipinski definition) is 5. The van der Waals surface area contributed by atoms with Gasteiger partial charge in [-0.25, -0.2) is 12.4 Å². The maximum Gasteiger partial charge on any atom is 0.261 e. The van der Waals surface area contributed by atoms with Gasteiger partial charge in [0.15, 0.2) is 0 Å². The molecule has 0 N–H and O–H groups in total. The number of methoxy groups -OCH3 is 1. The van der Waals surface area contributed by atoms with Crippen molar-refractivity contribution in [3.8, 4) is 5.75 Å². The molecule has 0 saturated carbocycles. The minimum atomic E-state index is -3.50. The molecule has 0 atom stereocenters.